The Morgan fingerprint density at radius 1 is 1.30 bits per heavy atom. The van der Waals surface area contributed by atoms with Gasteiger partial charge in [0.25, 0.3) is 6.47 Å². The first kappa shape index (κ1) is 16.5. The summed E-state index contributed by atoms with van der Waals surface area (Å²) in [7, 11) is 1.26. The van der Waals surface area contributed by atoms with Gasteiger partial charge >= 0.3 is 6.09 Å². The Hall–Kier alpha value is -1.59. The number of nitrogens with one attached hydrogen (secondary N) is 1. The van der Waals surface area contributed by atoms with Crippen LogP contribution in [0.2, 0.25) is 0 Å². The lowest BCUT2D eigenvalue weighted by Gasteiger charge is -2.27. The number of methoxy groups -OCH3 is 1. The normalized spacial score (nSPS) is 26.9. The minimum atomic E-state index is -0.634. The van der Waals surface area contributed by atoms with Crippen molar-refractivity contribution in [2.24, 2.45) is 17.8 Å². The van der Waals surface area contributed by atoms with E-state index in [9.17, 15) is 14.4 Å². The highest BCUT2D eigenvalue weighted by Gasteiger charge is 2.43. The molecule has 0 aromatic rings. The summed E-state index contributed by atoms with van der Waals surface area (Å²) in [6.07, 6.45) is 0.489. The fourth-order valence-corrected chi connectivity index (χ4v) is 2.80. The van der Waals surface area contributed by atoms with Gasteiger partial charge in [0.2, 0.25) is 0 Å². The van der Waals surface area contributed by atoms with Crippen LogP contribution in [0.4, 0.5) is 4.79 Å². The molecule has 6 nitrogen and oxygen atoms in total. The van der Waals surface area contributed by atoms with E-state index in [2.05, 4.69) is 10.1 Å². The number of carbonyl (C=O) groups is 3. The van der Waals surface area contributed by atoms with E-state index in [1.54, 1.807) is 0 Å². The van der Waals surface area contributed by atoms with Crippen molar-refractivity contribution in [3.05, 3.63) is 0 Å². The van der Waals surface area contributed by atoms with Crippen molar-refractivity contribution in [1.82, 2.24) is 5.32 Å². The van der Waals surface area contributed by atoms with Crippen LogP contribution in [-0.2, 0) is 19.1 Å². The van der Waals surface area contributed by atoms with E-state index in [1.807, 2.05) is 20.8 Å². The first-order valence-corrected chi connectivity index (χ1v) is 6.89. The van der Waals surface area contributed by atoms with E-state index >= 15 is 0 Å². The molecule has 0 aliphatic heterocycles. The molecule has 2 unspecified atom stereocenters. The summed E-state index contributed by atoms with van der Waals surface area (Å²) in [5, 5.41) is 2.57. The molecule has 0 radical (unpaired) electrons. The van der Waals surface area contributed by atoms with Crippen LogP contribution >= 0.6 is 0 Å². The lowest BCUT2D eigenvalue weighted by molar-refractivity contribution is -0.140. The van der Waals surface area contributed by atoms with Gasteiger partial charge in [-0.15, -0.1) is 0 Å². The Morgan fingerprint density at radius 3 is 2.45 bits per heavy atom. The van der Waals surface area contributed by atoms with E-state index in [-0.39, 0.29) is 23.5 Å². The van der Waals surface area contributed by atoms with E-state index in [0.717, 1.165) is 6.42 Å². The summed E-state index contributed by atoms with van der Waals surface area (Å²) in [4.78, 5) is 34.6. The number of alkyl carbamates (subject to hydrolysis) is 1. The summed E-state index contributed by atoms with van der Waals surface area (Å²) in [6.45, 7) is 6.06. The van der Waals surface area contributed by atoms with Crippen LogP contribution in [0.3, 0.4) is 0 Å². The third-order valence-corrected chi connectivity index (χ3v) is 3.91. The molecule has 0 saturated heterocycles. The van der Waals surface area contributed by atoms with Gasteiger partial charge in [-0.25, -0.2) is 4.79 Å². The molecular weight excluding hydrogens is 262 g/mol. The molecule has 1 amide bonds. The van der Waals surface area contributed by atoms with Crippen molar-refractivity contribution in [3.8, 4) is 0 Å². The van der Waals surface area contributed by atoms with Crippen molar-refractivity contribution in [3.63, 3.8) is 0 Å². The number of rotatable bonds is 6. The zero-order valence-electron chi connectivity index (χ0n) is 12.4. The monoisotopic (exact) mass is 285 g/mol. The molecule has 0 spiro atoms. The average molecular weight is 285 g/mol. The van der Waals surface area contributed by atoms with Crippen molar-refractivity contribution in [2.45, 2.75) is 45.8 Å². The van der Waals surface area contributed by atoms with Crippen LogP contribution in [-0.4, -0.2) is 37.6 Å². The maximum Gasteiger partial charge on any atom is 0.407 e. The number of amides is 1. The SMILES string of the molecule is COC(=O)NC(C(=O)C1[C@@H](C)CC[C@H]1OC=O)C(C)C. The Labute approximate surface area is 119 Å². The number of hydrogen-bond acceptors (Lipinski definition) is 5. The molecule has 0 bridgehead atoms. The van der Waals surface area contributed by atoms with Gasteiger partial charge in [0.1, 0.15) is 6.10 Å². The van der Waals surface area contributed by atoms with Crippen LogP contribution in [0.1, 0.15) is 33.6 Å². The standard InChI is InChI=1S/C14H23NO5/c1-8(2)12(15-14(18)19-4)13(17)11-9(3)5-6-10(11)20-7-16/h7-12H,5-6H2,1-4H3,(H,15,18)/t9-,10+,11?,12?/m0/s1. The molecule has 1 N–H and O–H groups in total. The van der Waals surface area contributed by atoms with Gasteiger partial charge in [-0.05, 0) is 24.7 Å². The molecule has 114 valence electrons. The lowest BCUT2D eigenvalue weighted by atomic mass is 9.84. The van der Waals surface area contributed by atoms with E-state index < -0.39 is 18.2 Å². The average Bonchev–Trinajstić information content (AvgIpc) is 2.76. The van der Waals surface area contributed by atoms with Crippen molar-refractivity contribution in [1.29, 1.82) is 0 Å². The number of ether oxygens (including phenoxy) is 2. The number of carbonyl (C=O) groups excluding carboxylic acids is 3. The molecule has 0 aromatic carbocycles. The highest BCUT2D eigenvalue weighted by atomic mass is 16.5. The zero-order valence-corrected chi connectivity index (χ0v) is 12.4. The second-order valence-electron chi connectivity index (χ2n) is 5.61. The van der Waals surface area contributed by atoms with E-state index in [1.165, 1.54) is 7.11 Å². The van der Waals surface area contributed by atoms with Crippen LogP contribution in [0, 0.1) is 17.8 Å². The topological polar surface area (TPSA) is 81.7 Å². The molecule has 6 heteroatoms. The van der Waals surface area contributed by atoms with Gasteiger partial charge in [-0.3, -0.25) is 9.59 Å². The van der Waals surface area contributed by atoms with Gasteiger partial charge in [0, 0.05) is 0 Å². The minimum Gasteiger partial charge on any atom is -0.464 e. The first-order valence-electron chi connectivity index (χ1n) is 6.89. The molecule has 1 aliphatic rings. The minimum absolute atomic E-state index is 0.0636. The number of hydrogen-bond donors (Lipinski definition) is 1. The smallest absolute Gasteiger partial charge is 0.407 e. The third kappa shape index (κ3) is 3.71. The molecule has 4 atom stereocenters. The number of ketones is 1. The highest BCUT2D eigenvalue weighted by molar-refractivity contribution is 5.90. The third-order valence-electron chi connectivity index (χ3n) is 3.91. The van der Waals surface area contributed by atoms with Gasteiger partial charge in [-0.1, -0.05) is 20.8 Å². The second kappa shape index (κ2) is 7.26. The van der Waals surface area contributed by atoms with Gasteiger partial charge in [0.15, 0.2) is 5.78 Å². The second-order valence-corrected chi connectivity index (χ2v) is 5.61. The van der Waals surface area contributed by atoms with Crippen LogP contribution < -0.4 is 5.32 Å². The lowest BCUT2D eigenvalue weighted by Crippen LogP contribution is -2.49. The predicted octanol–water partition coefficient (Wildman–Crippen LogP) is 1.52. The predicted molar refractivity (Wildman–Crippen MR) is 72.0 cm³/mol. The van der Waals surface area contributed by atoms with Crippen LogP contribution in [0.5, 0.6) is 0 Å². The molecule has 1 rings (SSSR count). The van der Waals surface area contributed by atoms with Gasteiger partial charge < -0.3 is 14.8 Å². The maximum atomic E-state index is 12.7. The van der Waals surface area contributed by atoms with Gasteiger partial charge in [-0.2, -0.15) is 0 Å². The Balaban J connectivity index is 2.86. The fourth-order valence-electron chi connectivity index (χ4n) is 2.80. The van der Waals surface area contributed by atoms with Gasteiger partial charge in [0.05, 0.1) is 19.1 Å². The van der Waals surface area contributed by atoms with Crippen LogP contribution in [0.25, 0.3) is 0 Å². The first-order chi connectivity index (χ1) is 9.42. The maximum absolute atomic E-state index is 12.7. The van der Waals surface area contributed by atoms with Crippen molar-refractivity contribution in [2.75, 3.05) is 7.11 Å². The zero-order chi connectivity index (χ0) is 15.3. The van der Waals surface area contributed by atoms with E-state index in [4.69, 9.17) is 4.74 Å². The van der Waals surface area contributed by atoms with E-state index in [0.29, 0.717) is 12.9 Å². The summed E-state index contributed by atoms with van der Waals surface area (Å²) in [5.41, 5.74) is 0. The summed E-state index contributed by atoms with van der Waals surface area (Å²) in [5.74, 6) is -0.397. The van der Waals surface area contributed by atoms with Crippen LogP contribution in [0.15, 0.2) is 0 Å². The fraction of sp³-hybridized carbons (Fsp3) is 0.786. The highest BCUT2D eigenvalue weighted by Crippen LogP contribution is 2.35. The Kier molecular flexibility index (Phi) is 5.98. The Morgan fingerprint density at radius 2 is 1.95 bits per heavy atom. The summed E-state index contributed by atoms with van der Waals surface area (Å²) >= 11 is 0. The van der Waals surface area contributed by atoms with Crippen molar-refractivity contribution >= 4 is 18.3 Å². The summed E-state index contributed by atoms with van der Waals surface area (Å²) in [6, 6.07) is -0.634. The molecule has 1 fully saturated rings. The largest absolute Gasteiger partial charge is 0.464 e. The molecule has 0 aromatic heterocycles. The summed E-state index contributed by atoms with van der Waals surface area (Å²) < 4.78 is 9.58. The quantitative estimate of drug-likeness (QED) is 0.748. The molecule has 1 saturated carbocycles. The molecule has 20 heavy (non-hydrogen) atoms. The van der Waals surface area contributed by atoms with Crippen molar-refractivity contribution < 1.29 is 23.9 Å². The molecule has 1 aliphatic carbocycles. The molecular formula is C14H23NO5. The molecule has 0 heterocycles. The Bertz CT molecular complexity index is 369. The number of Topliss-reactive ketones (excluding diaryl/α,β-unsaturated/α-hetero) is 1.